The first kappa shape index (κ1) is 13.9. The van der Waals surface area contributed by atoms with E-state index in [1.807, 2.05) is 6.07 Å². The molecule has 2 rings (SSSR count). The largest absolute Gasteiger partial charge is 0.419 e. The summed E-state index contributed by atoms with van der Waals surface area (Å²) in [6.45, 7) is 0. The van der Waals surface area contributed by atoms with E-state index in [2.05, 4.69) is 5.32 Å². The minimum atomic E-state index is -4.75. The summed E-state index contributed by atoms with van der Waals surface area (Å²) in [6.07, 6.45) is -4.75. The van der Waals surface area contributed by atoms with Crippen LogP contribution in [0.3, 0.4) is 0 Å². The zero-order valence-corrected chi connectivity index (χ0v) is 10.0. The molecule has 0 spiro atoms. The van der Waals surface area contributed by atoms with Gasteiger partial charge in [0.05, 0.1) is 17.2 Å². The molecule has 2 aromatic carbocycles. The normalized spacial score (nSPS) is 10.9. The summed E-state index contributed by atoms with van der Waals surface area (Å²) in [4.78, 5) is 0. The van der Waals surface area contributed by atoms with Crippen molar-refractivity contribution in [1.29, 1.82) is 5.26 Å². The Bertz CT molecular complexity index is 672. The highest BCUT2D eigenvalue weighted by Gasteiger charge is 2.34. The van der Waals surface area contributed by atoms with Gasteiger partial charge in [-0.15, -0.1) is 0 Å². The molecule has 6 heteroatoms. The van der Waals surface area contributed by atoms with Gasteiger partial charge < -0.3 is 5.32 Å². The van der Waals surface area contributed by atoms with Crippen LogP contribution in [0.1, 0.15) is 11.1 Å². The average Bonchev–Trinajstić information content (AvgIpc) is 2.40. The van der Waals surface area contributed by atoms with Gasteiger partial charge in [0.15, 0.2) is 0 Å². The number of nitrogens with zero attached hydrogens (tertiary/aromatic N) is 1. The second-order valence-electron chi connectivity index (χ2n) is 4.01. The summed E-state index contributed by atoms with van der Waals surface area (Å²) >= 11 is 0. The first-order valence-corrected chi connectivity index (χ1v) is 5.54. The Labute approximate surface area is 112 Å². The van der Waals surface area contributed by atoms with Crippen molar-refractivity contribution in [3.8, 4) is 6.07 Å². The number of benzene rings is 2. The van der Waals surface area contributed by atoms with E-state index in [0.29, 0.717) is 17.3 Å². The second-order valence-corrected chi connectivity index (χ2v) is 4.01. The first-order valence-electron chi connectivity index (χ1n) is 5.54. The number of nitrogens with one attached hydrogen (secondary N) is 1. The molecule has 0 atom stereocenters. The van der Waals surface area contributed by atoms with E-state index in [4.69, 9.17) is 5.26 Å². The molecule has 2 aromatic rings. The summed E-state index contributed by atoms with van der Waals surface area (Å²) in [5.41, 5.74) is -0.426. The van der Waals surface area contributed by atoms with Crippen molar-refractivity contribution in [2.24, 2.45) is 0 Å². The second kappa shape index (κ2) is 5.21. The van der Waals surface area contributed by atoms with Crippen LogP contribution in [0.25, 0.3) is 0 Å². The van der Waals surface area contributed by atoms with Gasteiger partial charge >= 0.3 is 6.18 Å². The van der Waals surface area contributed by atoms with Gasteiger partial charge in [-0.25, -0.2) is 4.39 Å². The zero-order chi connectivity index (χ0) is 14.8. The van der Waals surface area contributed by atoms with Gasteiger partial charge in [-0.2, -0.15) is 18.4 Å². The summed E-state index contributed by atoms with van der Waals surface area (Å²) < 4.78 is 50.9. The van der Waals surface area contributed by atoms with Crippen LogP contribution < -0.4 is 5.32 Å². The van der Waals surface area contributed by atoms with E-state index in [-0.39, 0.29) is 5.69 Å². The molecule has 102 valence electrons. The van der Waals surface area contributed by atoms with Gasteiger partial charge in [0.25, 0.3) is 0 Å². The molecule has 0 aliphatic heterocycles. The molecular weight excluding hydrogens is 272 g/mol. The summed E-state index contributed by atoms with van der Waals surface area (Å²) in [5.74, 6) is -1.33. The third-order valence-electron chi connectivity index (χ3n) is 2.55. The predicted molar refractivity (Wildman–Crippen MR) is 65.8 cm³/mol. The smallest absolute Gasteiger partial charge is 0.355 e. The molecule has 2 nitrogen and oxygen atoms in total. The molecular formula is C14H8F4N2. The molecule has 1 N–H and O–H groups in total. The molecule has 0 amide bonds. The summed E-state index contributed by atoms with van der Waals surface area (Å²) in [7, 11) is 0. The van der Waals surface area contributed by atoms with Crippen molar-refractivity contribution in [3.63, 3.8) is 0 Å². The summed E-state index contributed by atoms with van der Waals surface area (Å²) in [5, 5.41) is 11.4. The Balaban J connectivity index is 2.33. The third-order valence-corrected chi connectivity index (χ3v) is 2.55. The van der Waals surface area contributed by atoms with E-state index in [9.17, 15) is 17.6 Å². The Hall–Kier alpha value is -2.55. The molecule has 0 bridgehead atoms. The van der Waals surface area contributed by atoms with Gasteiger partial charge in [-0.3, -0.25) is 0 Å². The number of hydrogen-bond acceptors (Lipinski definition) is 2. The van der Waals surface area contributed by atoms with E-state index in [1.165, 1.54) is 12.1 Å². The van der Waals surface area contributed by atoms with Crippen LogP contribution in [0.5, 0.6) is 0 Å². The fourth-order valence-electron chi connectivity index (χ4n) is 1.65. The number of rotatable bonds is 2. The van der Waals surface area contributed by atoms with Gasteiger partial charge in [-0.05, 0) is 36.4 Å². The lowest BCUT2D eigenvalue weighted by molar-refractivity contribution is -0.139. The fourth-order valence-corrected chi connectivity index (χ4v) is 1.65. The van der Waals surface area contributed by atoms with Crippen LogP contribution in [0.2, 0.25) is 0 Å². The molecule has 0 aromatic heterocycles. The van der Waals surface area contributed by atoms with Crippen molar-refractivity contribution >= 4 is 11.4 Å². The lowest BCUT2D eigenvalue weighted by Crippen LogP contribution is -2.08. The Morgan fingerprint density at radius 1 is 1.00 bits per heavy atom. The van der Waals surface area contributed by atoms with Crippen molar-refractivity contribution in [1.82, 2.24) is 0 Å². The quantitative estimate of drug-likeness (QED) is 0.824. The standard InChI is InChI=1S/C14H8F4N2/c15-13-5-4-11(7-12(13)14(16,17)18)20-10-3-1-2-9(6-10)8-19/h1-7,20H. The highest BCUT2D eigenvalue weighted by molar-refractivity contribution is 5.62. The van der Waals surface area contributed by atoms with Crippen molar-refractivity contribution in [2.45, 2.75) is 6.18 Å². The minimum Gasteiger partial charge on any atom is -0.355 e. The first-order chi connectivity index (χ1) is 9.40. The van der Waals surface area contributed by atoms with Crippen LogP contribution in [0.4, 0.5) is 28.9 Å². The van der Waals surface area contributed by atoms with Gasteiger partial charge in [0.2, 0.25) is 0 Å². The lowest BCUT2D eigenvalue weighted by atomic mass is 10.1. The van der Waals surface area contributed by atoms with Crippen LogP contribution >= 0.6 is 0 Å². The number of halogens is 4. The SMILES string of the molecule is N#Cc1cccc(Nc2ccc(F)c(C(F)(F)F)c2)c1. The molecule has 20 heavy (non-hydrogen) atoms. The molecule has 0 fully saturated rings. The van der Waals surface area contributed by atoms with E-state index in [0.717, 1.165) is 6.07 Å². The number of alkyl halides is 3. The van der Waals surface area contributed by atoms with E-state index < -0.39 is 17.6 Å². The van der Waals surface area contributed by atoms with Gasteiger partial charge in [-0.1, -0.05) is 6.07 Å². The Morgan fingerprint density at radius 2 is 1.70 bits per heavy atom. The molecule has 0 radical (unpaired) electrons. The summed E-state index contributed by atoms with van der Waals surface area (Å²) in [6, 6.07) is 10.8. The molecule has 0 aliphatic rings. The van der Waals surface area contributed by atoms with E-state index >= 15 is 0 Å². The van der Waals surface area contributed by atoms with Crippen LogP contribution in [-0.2, 0) is 6.18 Å². The Kier molecular flexibility index (Phi) is 3.61. The van der Waals surface area contributed by atoms with Crippen LogP contribution in [-0.4, -0.2) is 0 Å². The average molecular weight is 280 g/mol. The van der Waals surface area contributed by atoms with Crippen LogP contribution in [0, 0.1) is 17.1 Å². The monoisotopic (exact) mass is 280 g/mol. The van der Waals surface area contributed by atoms with Crippen molar-refractivity contribution < 1.29 is 17.6 Å². The molecule has 0 heterocycles. The lowest BCUT2D eigenvalue weighted by Gasteiger charge is -2.11. The predicted octanol–water partition coefficient (Wildman–Crippen LogP) is 4.46. The number of anilines is 2. The third kappa shape index (κ3) is 3.06. The van der Waals surface area contributed by atoms with Crippen molar-refractivity contribution in [3.05, 3.63) is 59.4 Å². The molecule has 0 saturated heterocycles. The fraction of sp³-hybridized carbons (Fsp3) is 0.0714. The Morgan fingerprint density at radius 3 is 2.35 bits per heavy atom. The number of hydrogen-bond donors (Lipinski definition) is 1. The highest BCUT2D eigenvalue weighted by Crippen LogP contribution is 2.33. The maximum atomic E-state index is 13.1. The molecule has 0 saturated carbocycles. The van der Waals surface area contributed by atoms with Crippen molar-refractivity contribution in [2.75, 3.05) is 5.32 Å². The zero-order valence-electron chi connectivity index (χ0n) is 10.0. The van der Waals surface area contributed by atoms with Gasteiger partial charge in [0.1, 0.15) is 5.82 Å². The van der Waals surface area contributed by atoms with Crippen LogP contribution in [0.15, 0.2) is 42.5 Å². The molecule has 0 unspecified atom stereocenters. The topological polar surface area (TPSA) is 35.8 Å². The van der Waals surface area contributed by atoms with E-state index in [1.54, 1.807) is 18.2 Å². The van der Waals surface area contributed by atoms with Gasteiger partial charge in [0, 0.05) is 11.4 Å². The number of nitriles is 1. The maximum Gasteiger partial charge on any atom is 0.419 e. The minimum absolute atomic E-state index is 0.0915. The highest BCUT2D eigenvalue weighted by atomic mass is 19.4. The molecule has 0 aliphatic carbocycles. The maximum absolute atomic E-state index is 13.1.